The topological polar surface area (TPSA) is 78.1 Å². The van der Waals surface area contributed by atoms with E-state index < -0.39 is 12.7 Å². The highest BCUT2D eigenvalue weighted by Gasteiger charge is 2.37. The summed E-state index contributed by atoms with van der Waals surface area (Å²) in [6, 6.07) is 9.75. The largest absolute Gasteiger partial charge is 0.473 e. The lowest BCUT2D eigenvalue weighted by Crippen LogP contribution is -2.31. The second-order valence-electron chi connectivity index (χ2n) is 11.4. The molecule has 1 aromatic carbocycles. The van der Waals surface area contributed by atoms with Gasteiger partial charge >= 0.3 is 6.55 Å². The third kappa shape index (κ3) is 5.24. The van der Waals surface area contributed by atoms with Crippen LogP contribution in [-0.4, -0.2) is 47.8 Å². The van der Waals surface area contributed by atoms with E-state index in [2.05, 4.69) is 15.1 Å². The highest BCUT2D eigenvalue weighted by molar-refractivity contribution is 5.84. The van der Waals surface area contributed by atoms with E-state index in [9.17, 15) is 13.6 Å². The van der Waals surface area contributed by atoms with Gasteiger partial charge in [-0.3, -0.25) is 14.0 Å². The summed E-state index contributed by atoms with van der Waals surface area (Å²) in [4.78, 5) is 23.7. The number of carbonyl (C=O) groups is 1. The summed E-state index contributed by atoms with van der Waals surface area (Å²) in [7, 11) is 0. The molecule has 0 spiro atoms. The van der Waals surface area contributed by atoms with Gasteiger partial charge in [-0.25, -0.2) is 9.97 Å². The molecule has 0 saturated carbocycles. The first-order chi connectivity index (χ1) is 18.4. The van der Waals surface area contributed by atoms with E-state index in [4.69, 9.17) is 4.74 Å². The predicted molar refractivity (Wildman–Crippen MR) is 145 cm³/mol. The number of ether oxygens (including phenoxy) is 1. The van der Waals surface area contributed by atoms with Gasteiger partial charge in [0.15, 0.2) is 0 Å². The average Bonchev–Trinajstić information content (AvgIpc) is 3.62. The first-order valence-electron chi connectivity index (χ1n) is 13.2. The minimum Gasteiger partial charge on any atom is -0.473 e. The van der Waals surface area contributed by atoms with Crippen LogP contribution in [0.15, 0.2) is 49.1 Å². The van der Waals surface area contributed by atoms with Gasteiger partial charge in [0.1, 0.15) is 17.9 Å². The predicted octanol–water partition coefficient (Wildman–Crippen LogP) is 6.13. The quantitative estimate of drug-likeness (QED) is 0.284. The normalized spacial score (nSPS) is 17.8. The van der Waals surface area contributed by atoms with Crippen LogP contribution in [0, 0.1) is 12.8 Å². The van der Waals surface area contributed by atoms with E-state index in [1.54, 1.807) is 12.3 Å². The Kier molecular flexibility index (Phi) is 6.90. The van der Waals surface area contributed by atoms with Gasteiger partial charge in [0.25, 0.3) is 0 Å². The van der Waals surface area contributed by atoms with E-state index in [1.165, 1.54) is 0 Å². The Bertz CT molecular complexity index is 1490. The van der Waals surface area contributed by atoms with Crippen LogP contribution in [0.2, 0.25) is 0 Å². The number of imidazole rings is 1. The molecular weight excluding hydrogens is 502 g/mol. The number of amides is 1. The molecule has 1 fully saturated rings. The van der Waals surface area contributed by atoms with Gasteiger partial charge in [0.2, 0.25) is 11.8 Å². The second-order valence-corrected chi connectivity index (χ2v) is 11.4. The monoisotopic (exact) mass is 536 g/mol. The lowest BCUT2D eigenvalue weighted by atomic mass is 10.0. The van der Waals surface area contributed by atoms with Crippen molar-refractivity contribution < 1.29 is 18.3 Å². The molecule has 3 atom stereocenters. The minimum atomic E-state index is -2.80. The molecule has 10 heteroatoms. The van der Waals surface area contributed by atoms with Crippen LogP contribution in [0.4, 0.5) is 8.78 Å². The summed E-state index contributed by atoms with van der Waals surface area (Å²) in [5.74, 6) is -0.0196. The summed E-state index contributed by atoms with van der Waals surface area (Å²) in [6.07, 6.45) is 4.52. The number of fused-ring (bicyclic) bond motifs is 1. The third-order valence-corrected chi connectivity index (χ3v) is 7.47. The smallest absolute Gasteiger partial charge is 0.320 e. The molecule has 0 bridgehead atoms. The van der Waals surface area contributed by atoms with Crippen molar-refractivity contribution >= 4 is 16.9 Å². The Morgan fingerprint density at radius 2 is 1.85 bits per heavy atom. The van der Waals surface area contributed by atoms with Crippen molar-refractivity contribution in [1.29, 1.82) is 0 Å². The first kappa shape index (κ1) is 26.8. The molecule has 39 heavy (non-hydrogen) atoms. The van der Waals surface area contributed by atoms with Crippen molar-refractivity contribution in [3.63, 3.8) is 0 Å². The molecule has 1 amide bonds. The van der Waals surface area contributed by atoms with Crippen molar-refractivity contribution in [2.45, 2.75) is 72.2 Å². The highest BCUT2D eigenvalue weighted by atomic mass is 19.3. The number of nitrogens with zero attached hydrogens (tertiary/aromatic N) is 6. The molecule has 5 rings (SSSR count). The summed E-state index contributed by atoms with van der Waals surface area (Å²) >= 11 is 0. The van der Waals surface area contributed by atoms with Crippen molar-refractivity contribution in [3.05, 3.63) is 60.2 Å². The average molecular weight is 537 g/mol. The standard InChI is InChI=1S/C29H34F2N6O2/c1-17-7-9-20(10-8-17)18(2)35-14-21(11-25(35)38)19(3)39-27-26-24(32-16-36(26)28(30)31)12-23(34-27)22-13-33-37(15-22)29(4,5)6/h7-10,12-13,15-16,18-19,21,28H,11,14H2,1-6H3/t18-,19-,21-/m1/s1. The van der Waals surface area contributed by atoms with E-state index in [-0.39, 0.29) is 34.8 Å². The van der Waals surface area contributed by atoms with Crippen LogP contribution in [0.5, 0.6) is 5.88 Å². The molecule has 0 aliphatic carbocycles. The Morgan fingerprint density at radius 1 is 1.13 bits per heavy atom. The molecule has 0 unspecified atom stereocenters. The number of hydrogen-bond acceptors (Lipinski definition) is 5. The second kappa shape index (κ2) is 10.1. The zero-order valence-corrected chi connectivity index (χ0v) is 23.1. The summed E-state index contributed by atoms with van der Waals surface area (Å²) < 4.78 is 36.6. The Morgan fingerprint density at radius 3 is 2.49 bits per heavy atom. The fourth-order valence-electron chi connectivity index (χ4n) is 4.97. The number of halogens is 2. The molecule has 4 aromatic rings. The van der Waals surface area contributed by atoms with Gasteiger partial charge in [-0.05, 0) is 53.2 Å². The van der Waals surface area contributed by atoms with Crippen LogP contribution >= 0.6 is 0 Å². The molecule has 1 saturated heterocycles. The Labute approximate surface area is 226 Å². The maximum atomic E-state index is 13.9. The number of likely N-dealkylation sites (tertiary alicyclic amines) is 1. The van der Waals surface area contributed by atoms with E-state index in [1.807, 2.05) is 81.6 Å². The number of rotatable bonds is 7. The maximum absolute atomic E-state index is 13.9. The number of aryl methyl sites for hydroxylation is 1. The third-order valence-electron chi connectivity index (χ3n) is 7.47. The molecule has 1 aliphatic heterocycles. The zero-order chi connectivity index (χ0) is 28.1. The molecule has 206 valence electrons. The lowest BCUT2D eigenvalue weighted by Gasteiger charge is -2.26. The van der Waals surface area contributed by atoms with Crippen LogP contribution < -0.4 is 4.74 Å². The van der Waals surface area contributed by atoms with Crippen molar-refractivity contribution in [2.24, 2.45) is 5.92 Å². The van der Waals surface area contributed by atoms with E-state index >= 15 is 0 Å². The van der Waals surface area contributed by atoms with Crippen LogP contribution in [-0.2, 0) is 10.3 Å². The number of alkyl halides is 2. The zero-order valence-electron chi connectivity index (χ0n) is 23.1. The molecule has 0 radical (unpaired) electrons. The molecular formula is C29H34F2N6O2. The van der Waals surface area contributed by atoms with Gasteiger partial charge in [0, 0.05) is 30.6 Å². The van der Waals surface area contributed by atoms with Crippen LogP contribution in [0.25, 0.3) is 22.3 Å². The van der Waals surface area contributed by atoms with E-state index in [0.29, 0.717) is 24.2 Å². The van der Waals surface area contributed by atoms with Gasteiger partial charge in [-0.15, -0.1) is 0 Å². The lowest BCUT2D eigenvalue weighted by molar-refractivity contribution is -0.129. The SMILES string of the molecule is Cc1ccc([C@@H](C)N2C[C@H]([C@@H](C)Oc3nc(-c4cnn(C(C)(C)C)c4)cc4ncn(C(F)F)c34)CC2=O)cc1. The molecule has 0 N–H and O–H groups in total. The van der Waals surface area contributed by atoms with Crippen LogP contribution in [0.1, 0.15) is 64.8 Å². The Balaban J connectivity index is 1.43. The fourth-order valence-corrected chi connectivity index (χ4v) is 4.97. The van der Waals surface area contributed by atoms with E-state index in [0.717, 1.165) is 27.6 Å². The first-order valence-corrected chi connectivity index (χ1v) is 13.2. The number of carbonyl (C=O) groups excluding carboxylic acids is 1. The number of benzene rings is 1. The Hall–Kier alpha value is -3.82. The summed E-state index contributed by atoms with van der Waals surface area (Å²) in [5.41, 5.74) is 3.72. The van der Waals surface area contributed by atoms with Crippen LogP contribution in [0.3, 0.4) is 0 Å². The molecule has 8 nitrogen and oxygen atoms in total. The minimum absolute atomic E-state index is 0.0441. The molecule has 3 aromatic heterocycles. The maximum Gasteiger partial charge on any atom is 0.320 e. The van der Waals surface area contributed by atoms with Crippen molar-refractivity contribution in [1.82, 2.24) is 29.2 Å². The number of hydrogen-bond donors (Lipinski definition) is 0. The van der Waals surface area contributed by atoms with Crippen molar-refractivity contribution in [2.75, 3.05) is 6.54 Å². The van der Waals surface area contributed by atoms with Gasteiger partial charge < -0.3 is 9.64 Å². The van der Waals surface area contributed by atoms with Gasteiger partial charge in [0.05, 0.1) is 29.0 Å². The number of aromatic nitrogens is 5. The van der Waals surface area contributed by atoms with Crippen molar-refractivity contribution in [3.8, 4) is 17.1 Å². The van der Waals surface area contributed by atoms with Gasteiger partial charge in [-0.1, -0.05) is 29.8 Å². The fraction of sp³-hybridized carbons (Fsp3) is 0.448. The molecule has 4 heterocycles. The highest BCUT2D eigenvalue weighted by Crippen LogP contribution is 2.35. The summed E-state index contributed by atoms with van der Waals surface area (Å²) in [6.45, 7) is 9.71. The molecule has 1 aliphatic rings. The number of pyridine rings is 1. The summed E-state index contributed by atoms with van der Waals surface area (Å²) in [5, 5.41) is 4.44. The van der Waals surface area contributed by atoms with Gasteiger partial charge in [-0.2, -0.15) is 13.9 Å².